The molecule has 38 heavy (non-hydrogen) atoms. The van der Waals surface area contributed by atoms with Crippen LogP contribution in [0.4, 0.5) is 5.69 Å². The predicted molar refractivity (Wildman–Crippen MR) is 155 cm³/mol. The number of hydrogen-bond donors (Lipinski definition) is 1. The molecule has 1 N–H and O–H groups in total. The quantitative estimate of drug-likeness (QED) is 0.322. The van der Waals surface area contributed by atoms with Gasteiger partial charge in [0.1, 0.15) is 12.6 Å². The molecule has 0 radical (unpaired) electrons. The van der Waals surface area contributed by atoms with Crippen LogP contribution in [0.3, 0.4) is 0 Å². The van der Waals surface area contributed by atoms with Crippen LogP contribution in [0, 0.1) is 6.92 Å². The number of benzene rings is 3. The number of nitrogens with zero attached hydrogens (tertiary/aromatic N) is 2. The Hall–Kier alpha value is -2.88. The first-order valence-corrected chi connectivity index (χ1v) is 14.7. The average molecular weight is 621 g/mol. The topological polar surface area (TPSA) is 86.8 Å². The van der Waals surface area contributed by atoms with Gasteiger partial charge in [0, 0.05) is 22.1 Å². The van der Waals surface area contributed by atoms with Crippen molar-refractivity contribution in [1.29, 1.82) is 0 Å². The molecule has 1 atom stereocenters. The summed E-state index contributed by atoms with van der Waals surface area (Å²) in [6.45, 7) is 6.69. The normalized spacial score (nSPS) is 12.2. The number of rotatable bonds is 10. The number of carbonyl (C=O) groups is 2. The smallest absolute Gasteiger partial charge is 0.264 e. The minimum absolute atomic E-state index is 0.0358. The molecule has 0 aromatic heterocycles. The zero-order valence-corrected chi connectivity index (χ0v) is 24.8. The summed E-state index contributed by atoms with van der Waals surface area (Å²) < 4.78 is 29.4. The number of hydrogen-bond acceptors (Lipinski definition) is 4. The summed E-state index contributed by atoms with van der Waals surface area (Å²) in [6, 6.07) is 19.1. The lowest BCUT2D eigenvalue weighted by Crippen LogP contribution is -2.52. The highest BCUT2D eigenvalue weighted by Gasteiger charge is 2.32. The number of amides is 2. The van der Waals surface area contributed by atoms with Gasteiger partial charge in [-0.25, -0.2) is 8.42 Å². The minimum atomic E-state index is -4.14. The van der Waals surface area contributed by atoms with E-state index < -0.39 is 28.5 Å². The molecule has 3 aromatic rings. The molecule has 0 saturated carbocycles. The van der Waals surface area contributed by atoms with Crippen LogP contribution in [-0.4, -0.2) is 43.8 Å². The SMILES string of the molecule is Cc1ccc(N(CC(=O)N(Cc2cccc(Br)c2)[C@@H](C)C(=O)NC(C)C)S(=O)(=O)c2ccccc2)cc1Cl. The Labute approximate surface area is 238 Å². The van der Waals surface area contributed by atoms with E-state index in [4.69, 9.17) is 11.6 Å². The number of halogens is 2. The zero-order valence-electron chi connectivity index (χ0n) is 21.7. The van der Waals surface area contributed by atoms with Crippen molar-refractivity contribution in [2.24, 2.45) is 0 Å². The minimum Gasteiger partial charge on any atom is -0.352 e. The number of aryl methyl sites for hydroxylation is 1. The Kier molecular flexibility index (Phi) is 9.98. The highest BCUT2D eigenvalue weighted by molar-refractivity contribution is 9.10. The van der Waals surface area contributed by atoms with Crippen LogP contribution >= 0.6 is 27.5 Å². The van der Waals surface area contributed by atoms with Crippen LogP contribution in [-0.2, 0) is 26.2 Å². The van der Waals surface area contributed by atoms with E-state index in [2.05, 4.69) is 21.2 Å². The maximum atomic E-state index is 13.9. The molecule has 0 aliphatic heterocycles. The van der Waals surface area contributed by atoms with Crippen LogP contribution in [0.25, 0.3) is 0 Å². The summed E-state index contributed by atoms with van der Waals surface area (Å²) in [5.74, 6) is -0.869. The van der Waals surface area contributed by atoms with Crippen LogP contribution in [0.2, 0.25) is 5.02 Å². The second-order valence-electron chi connectivity index (χ2n) is 9.25. The molecule has 2 amide bonds. The summed E-state index contributed by atoms with van der Waals surface area (Å²) in [7, 11) is -4.14. The van der Waals surface area contributed by atoms with Gasteiger partial charge in [-0.2, -0.15) is 0 Å². The van der Waals surface area contributed by atoms with E-state index in [1.807, 2.05) is 45.0 Å². The molecule has 0 unspecified atom stereocenters. The molecule has 0 heterocycles. The highest BCUT2D eigenvalue weighted by Crippen LogP contribution is 2.28. The average Bonchev–Trinajstić information content (AvgIpc) is 2.87. The third kappa shape index (κ3) is 7.36. The van der Waals surface area contributed by atoms with Gasteiger partial charge in [-0.15, -0.1) is 0 Å². The van der Waals surface area contributed by atoms with Crippen molar-refractivity contribution in [3.63, 3.8) is 0 Å². The summed E-state index contributed by atoms with van der Waals surface area (Å²) >= 11 is 9.78. The highest BCUT2D eigenvalue weighted by atomic mass is 79.9. The van der Waals surface area contributed by atoms with Crippen LogP contribution < -0.4 is 9.62 Å². The molecule has 3 rings (SSSR count). The first-order valence-electron chi connectivity index (χ1n) is 12.1. The number of carbonyl (C=O) groups excluding carboxylic acids is 2. The molecule has 0 bridgehead atoms. The third-order valence-electron chi connectivity index (χ3n) is 5.89. The summed E-state index contributed by atoms with van der Waals surface area (Å²) in [5.41, 5.74) is 1.81. The van der Waals surface area contributed by atoms with Gasteiger partial charge >= 0.3 is 0 Å². The first-order chi connectivity index (χ1) is 17.9. The van der Waals surface area contributed by atoms with E-state index in [0.717, 1.165) is 19.9 Å². The molecule has 3 aromatic carbocycles. The Bertz CT molecular complexity index is 1400. The fourth-order valence-corrected chi connectivity index (χ4v) is 5.85. The third-order valence-corrected chi connectivity index (χ3v) is 8.58. The number of anilines is 1. The van der Waals surface area contributed by atoms with E-state index in [0.29, 0.717) is 5.02 Å². The van der Waals surface area contributed by atoms with Gasteiger partial charge in [-0.3, -0.25) is 13.9 Å². The molecule has 202 valence electrons. The van der Waals surface area contributed by atoms with Crippen LogP contribution in [0.5, 0.6) is 0 Å². The van der Waals surface area contributed by atoms with Crippen molar-refractivity contribution in [3.05, 3.63) is 93.4 Å². The number of sulfonamides is 1. The maximum Gasteiger partial charge on any atom is 0.264 e. The van der Waals surface area contributed by atoms with Gasteiger partial charge < -0.3 is 10.2 Å². The molecular weight excluding hydrogens is 590 g/mol. The molecular formula is C28H31BrClN3O4S. The summed E-state index contributed by atoms with van der Waals surface area (Å²) in [5, 5.41) is 3.21. The summed E-state index contributed by atoms with van der Waals surface area (Å²) in [6.07, 6.45) is 0. The molecule has 0 aliphatic carbocycles. The van der Waals surface area contributed by atoms with Gasteiger partial charge in [0.15, 0.2) is 0 Å². The monoisotopic (exact) mass is 619 g/mol. The van der Waals surface area contributed by atoms with Gasteiger partial charge in [-0.1, -0.05) is 63.9 Å². The van der Waals surface area contributed by atoms with Gasteiger partial charge in [0.05, 0.1) is 10.6 Å². The molecule has 0 saturated heterocycles. The Morgan fingerprint density at radius 3 is 2.26 bits per heavy atom. The molecule has 0 aliphatic rings. The van der Waals surface area contributed by atoms with Gasteiger partial charge in [0.25, 0.3) is 10.0 Å². The van der Waals surface area contributed by atoms with E-state index in [9.17, 15) is 18.0 Å². The lowest BCUT2D eigenvalue weighted by molar-refractivity contribution is -0.139. The molecule has 0 spiro atoms. The van der Waals surface area contributed by atoms with Crippen LogP contribution in [0.15, 0.2) is 82.2 Å². The molecule has 7 nitrogen and oxygen atoms in total. The Morgan fingerprint density at radius 1 is 0.974 bits per heavy atom. The maximum absolute atomic E-state index is 13.9. The van der Waals surface area contributed by atoms with Gasteiger partial charge in [-0.05, 0) is 75.2 Å². The fraction of sp³-hybridized carbons (Fsp3) is 0.286. The van der Waals surface area contributed by atoms with Crippen molar-refractivity contribution in [2.75, 3.05) is 10.8 Å². The predicted octanol–water partition coefficient (Wildman–Crippen LogP) is 5.55. The van der Waals surface area contributed by atoms with Crippen LogP contribution in [0.1, 0.15) is 31.9 Å². The lowest BCUT2D eigenvalue weighted by Gasteiger charge is -2.32. The first kappa shape index (κ1) is 29.7. The van der Waals surface area contributed by atoms with Crippen molar-refractivity contribution < 1.29 is 18.0 Å². The van der Waals surface area contributed by atoms with E-state index >= 15 is 0 Å². The largest absolute Gasteiger partial charge is 0.352 e. The standard InChI is InChI=1S/C28H31BrClN3O4S/c1-19(2)31-28(35)21(4)32(17-22-9-8-10-23(29)15-22)27(34)18-33(24-14-13-20(3)26(30)16-24)38(36,37)25-11-6-5-7-12-25/h5-16,19,21H,17-18H2,1-4H3,(H,31,35)/t21-/m0/s1. The summed E-state index contributed by atoms with van der Waals surface area (Å²) in [4.78, 5) is 28.2. The van der Waals surface area contributed by atoms with E-state index in [1.165, 1.54) is 23.1 Å². The number of nitrogens with one attached hydrogen (secondary N) is 1. The second-order valence-corrected chi connectivity index (χ2v) is 12.4. The van der Waals surface area contributed by atoms with Crippen molar-refractivity contribution in [2.45, 2.75) is 51.2 Å². The second kappa shape index (κ2) is 12.8. The van der Waals surface area contributed by atoms with Gasteiger partial charge in [0.2, 0.25) is 11.8 Å². The lowest BCUT2D eigenvalue weighted by atomic mass is 10.1. The van der Waals surface area contributed by atoms with Crippen molar-refractivity contribution in [1.82, 2.24) is 10.2 Å². The Morgan fingerprint density at radius 2 is 1.66 bits per heavy atom. The van der Waals surface area contributed by atoms with E-state index in [-0.39, 0.29) is 29.1 Å². The zero-order chi connectivity index (χ0) is 28.0. The Balaban J connectivity index is 2.05. The molecule has 0 fully saturated rings. The molecule has 10 heteroatoms. The van der Waals surface area contributed by atoms with E-state index in [1.54, 1.807) is 37.3 Å². The van der Waals surface area contributed by atoms with Crippen molar-refractivity contribution in [3.8, 4) is 0 Å². The van der Waals surface area contributed by atoms with Crippen molar-refractivity contribution >= 4 is 55.1 Å². The fourth-order valence-electron chi connectivity index (χ4n) is 3.81.